The molecule has 2 N–H and O–H groups in total. The molecule has 0 atom stereocenters. The Bertz CT molecular complexity index is 204. The molecule has 78 valence electrons. The Kier molecular flexibility index (Phi) is 4.86. The van der Waals surface area contributed by atoms with Gasteiger partial charge in [-0.15, -0.1) is 6.58 Å². The van der Waals surface area contributed by atoms with Crippen molar-refractivity contribution in [1.82, 2.24) is 0 Å². The topological polar surface area (TPSA) is 66.8 Å². The second-order valence-electron chi connectivity index (χ2n) is 3.04. The highest BCUT2D eigenvalue weighted by Crippen LogP contribution is 2.40. The van der Waals surface area contributed by atoms with Crippen LogP contribution < -0.4 is 0 Å². The molecule has 0 aliphatic carbocycles. The van der Waals surface area contributed by atoms with Crippen LogP contribution in [-0.4, -0.2) is 16.4 Å². The molecule has 0 aliphatic rings. The van der Waals surface area contributed by atoms with E-state index in [0.29, 0.717) is 0 Å². The van der Waals surface area contributed by atoms with Gasteiger partial charge in [0.1, 0.15) is 0 Å². The van der Waals surface area contributed by atoms with E-state index in [2.05, 4.69) is 11.1 Å². The molecule has 0 heterocycles. The predicted molar refractivity (Wildman–Crippen MR) is 51.2 cm³/mol. The molecule has 0 fully saturated rings. The molecule has 0 aromatic rings. The molecule has 4 nitrogen and oxygen atoms in total. The first-order valence-corrected chi connectivity index (χ1v) is 5.76. The Labute approximate surface area is 78.9 Å². The molecule has 0 bridgehead atoms. The Morgan fingerprint density at radius 2 is 1.92 bits per heavy atom. The molecule has 0 aromatic carbocycles. The van der Waals surface area contributed by atoms with Crippen molar-refractivity contribution in [1.29, 1.82) is 0 Å². The lowest BCUT2D eigenvalue weighted by atomic mass is 9.84. The van der Waals surface area contributed by atoms with Crippen molar-refractivity contribution >= 4 is 7.82 Å². The first-order valence-electron chi connectivity index (χ1n) is 4.23. The summed E-state index contributed by atoms with van der Waals surface area (Å²) in [6.45, 7) is 7.54. The number of rotatable bonds is 6. The first kappa shape index (κ1) is 12.8. The molecule has 13 heavy (non-hydrogen) atoms. The van der Waals surface area contributed by atoms with Gasteiger partial charge >= 0.3 is 7.82 Å². The van der Waals surface area contributed by atoms with Gasteiger partial charge < -0.3 is 9.79 Å². The molecule has 0 aromatic heterocycles. The van der Waals surface area contributed by atoms with Crippen LogP contribution in [0.3, 0.4) is 0 Å². The van der Waals surface area contributed by atoms with Crippen molar-refractivity contribution in [2.45, 2.75) is 26.7 Å². The average Bonchev–Trinajstić information content (AvgIpc) is 2.06. The second-order valence-corrected chi connectivity index (χ2v) is 4.28. The van der Waals surface area contributed by atoms with Crippen LogP contribution in [0, 0.1) is 5.41 Å². The van der Waals surface area contributed by atoms with Crippen molar-refractivity contribution in [2.75, 3.05) is 6.61 Å². The van der Waals surface area contributed by atoms with Gasteiger partial charge in [-0.3, -0.25) is 4.52 Å². The molecule has 0 aliphatic heterocycles. The van der Waals surface area contributed by atoms with Crippen LogP contribution in [0.1, 0.15) is 26.7 Å². The van der Waals surface area contributed by atoms with E-state index in [1.54, 1.807) is 6.08 Å². The zero-order valence-electron chi connectivity index (χ0n) is 8.06. The van der Waals surface area contributed by atoms with Crippen molar-refractivity contribution in [2.24, 2.45) is 5.41 Å². The van der Waals surface area contributed by atoms with E-state index in [1.165, 1.54) is 0 Å². The van der Waals surface area contributed by atoms with Crippen LogP contribution in [0.5, 0.6) is 0 Å². The number of phosphoric acid groups is 1. The highest BCUT2D eigenvalue weighted by atomic mass is 31.2. The third-order valence-electron chi connectivity index (χ3n) is 2.36. The van der Waals surface area contributed by atoms with Crippen LogP contribution in [0.15, 0.2) is 12.7 Å². The molecule has 0 saturated carbocycles. The molecule has 0 radical (unpaired) electrons. The fourth-order valence-corrected chi connectivity index (χ4v) is 1.44. The lowest BCUT2D eigenvalue weighted by Gasteiger charge is -2.27. The monoisotopic (exact) mass is 208 g/mol. The maximum absolute atomic E-state index is 10.5. The van der Waals surface area contributed by atoms with Gasteiger partial charge in [-0.25, -0.2) is 4.57 Å². The predicted octanol–water partition coefficient (Wildman–Crippen LogP) is 2.09. The zero-order valence-corrected chi connectivity index (χ0v) is 8.96. The van der Waals surface area contributed by atoms with Gasteiger partial charge in [0.05, 0.1) is 6.61 Å². The molecule has 0 amide bonds. The Hall–Kier alpha value is -0.150. The van der Waals surface area contributed by atoms with Gasteiger partial charge in [0, 0.05) is 5.41 Å². The third-order valence-corrected chi connectivity index (χ3v) is 2.83. The molecular formula is C8H17O4P. The maximum Gasteiger partial charge on any atom is 0.469 e. The minimum atomic E-state index is -4.35. The molecule has 0 unspecified atom stereocenters. The van der Waals surface area contributed by atoms with Crippen LogP contribution in [-0.2, 0) is 9.09 Å². The van der Waals surface area contributed by atoms with E-state index in [9.17, 15) is 4.57 Å². The standard InChI is InChI=1S/C8H17O4P/c1-4-8(5-2,6-3)7-12-13(9,10)11/h4H,1,5-7H2,2-3H3,(H2,9,10,11). The van der Waals surface area contributed by atoms with Gasteiger partial charge in [-0.2, -0.15) is 0 Å². The fraction of sp³-hybridized carbons (Fsp3) is 0.750. The summed E-state index contributed by atoms with van der Waals surface area (Å²) in [7, 11) is -4.35. The average molecular weight is 208 g/mol. The largest absolute Gasteiger partial charge is 0.469 e. The van der Waals surface area contributed by atoms with Crippen molar-refractivity contribution in [3.63, 3.8) is 0 Å². The lowest BCUT2D eigenvalue weighted by molar-refractivity contribution is 0.129. The molecule has 0 saturated heterocycles. The first-order chi connectivity index (χ1) is 5.89. The minimum Gasteiger partial charge on any atom is -0.303 e. The summed E-state index contributed by atoms with van der Waals surface area (Å²) in [6, 6.07) is 0. The normalized spacial score (nSPS) is 12.9. The Balaban J connectivity index is 4.27. The minimum absolute atomic E-state index is 0.0216. The molecule has 0 rings (SSSR count). The van der Waals surface area contributed by atoms with Crippen molar-refractivity contribution < 1.29 is 18.9 Å². The molecule has 5 heteroatoms. The van der Waals surface area contributed by atoms with Crippen LogP contribution >= 0.6 is 7.82 Å². The summed E-state index contributed by atoms with van der Waals surface area (Å²) < 4.78 is 14.9. The van der Waals surface area contributed by atoms with Gasteiger partial charge in [-0.1, -0.05) is 19.9 Å². The van der Waals surface area contributed by atoms with Crippen LogP contribution in [0.4, 0.5) is 0 Å². The molecule has 0 spiro atoms. The number of hydrogen-bond donors (Lipinski definition) is 2. The van der Waals surface area contributed by atoms with Crippen LogP contribution in [0.2, 0.25) is 0 Å². The molecular weight excluding hydrogens is 191 g/mol. The highest BCUT2D eigenvalue weighted by molar-refractivity contribution is 7.46. The van der Waals surface area contributed by atoms with E-state index in [0.717, 1.165) is 12.8 Å². The van der Waals surface area contributed by atoms with Crippen molar-refractivity contribution in [3.05, 3.63) is 12.7 Å². The fourth-order valence-electron chi connectivity index (χ4n) is 1.01. The summed E-state index contributed by atoms with van der Waals surface area (Å²) in [5.74, 6) is 0. The summed E-state index contributed by atoms with van der Waals surface area (Å²) in [4.78, 5) is 17.0. The van der Waals surface area contributed by atoms with Gasteiger partial charge in [0.25, 0.3) is 0 Å². The zero-order chi connectivity index (χ0) is 10.5. The third kappa shape index (κ3) is 4.58. The number of hydrogen-bond acceptors (Lipinski definition) is 2. The smallest absolute Gasteiger partial charge is 0.303 e. The summed E-state index contributed by atoms with van der Waals surface area (Å²) in [5.41, 5.74) is -0.318. The van der Waals surface area contributed by atoms with E-state index < -0.39 is 7.82 Å². The highest BCUT2D eigenvalue weighted by Gasteiger charge is 2.26. The second kappa shape index (κ2) is 4.91. The van der Waals surface area contributed by atoms with Crippen LogP contribution in [0.25, 0.3) is 0 Å². The lowest BCUT2D eigenvalue weighted by Crippen LogP contribution is -2.22. The SMILES string of the molecule is C=CC(CC)(CC)COP(=O)(O)O. The van der Waals surface area contributed by atoms with Gasteiger partial charge in [0.2, 0.25) is 0 Å². The summed E-state index contributed by atoms with van der Waals surface area (Å²) in [6.07, 6.45) is 3.21. The Morgan fingerprint density at radius 1 is 1.46 bits per heavy atom. The van der Waals surface area contributed by atoms with Crippen molar-refractivity contribution in [3.8, 4) is 0 Å². The Morgan fingerprint density at radius 3 is 2.15 bits per heavy atom. The van der Waals surface area contributed by atoms with Gasteiger partial charge in [-0.05, 0) is 12.8 Å². The van der Waals surface area contributed by atoms with E-state index >= 15 is 0 Å². The van der Waals surface area contributed by atoms with Gasteiger partial charge in [0.15, 0.2) is 0 Å². The number of phosphoric ester groups is 1. The maximum atomic E-state index is 10.5. The quantitative estimate of drug-likeness (QED) is 0.518. The summed E-state index contributed by atoms with van der Waals surface area (Å²) >= 11 is 0. The van der Waals surface area contributed by atoms with E-state index in [-0.39, 0.29) is 12.0 Å². The van der Waals surface area contributed by atoms with E-state index in [4.69, 9.17) is 9.79 Å². The summed E-state index contributed by atoms with van der Waals surface area (Å²) in [5, 5.41) is 0. The van der Waals surface area contributed by atoms with E-state index in [1.807, 2.05) is 13.8 Å².